The number of nitrogens with zero attached hydrogens (tertiary/aromatic N) is 2. The number of carbonyl (C=O) groups excluding carboxylic acids is 1. The third-order valence-corrected chi connectivity index (χ3v) is 4.40. The predicted molar refractivity (Wildman–Crippen MR) is 96.0 cm³/mol. The highest BCUT2D eigenvalue weighted by atomic mass is 19.1. The Bertz CT molecular complexity index is 646. The van der Waals surface area contributed by atoms with Gasteiger partial charge in [0.2, 0.25) is 0 Å². The lowest BCUT2D eigenvalue weighted by Crippen LogP contribution is -2.48. The molecule has 0 spiro atoms. The van der Waals surface area contributed by atoms with E-state index in [1.165, 1.54) is 12.1 Å². The van der Waals surface area contributed by atoms with Crippen molar-refractivity contribution in [3.8, 4) is 0 Å². The fourth-order valence-electron chi connectivity index (χ4n) is 2.91. The average Bonchev–Trinajstić information content (AvgIpc) is 2.60. The number of carbonyl (C=O) groups is 1. The second kappa shape index (κ2) is 9.35. The molecule has 144 valence electrons. The highest BCUT2D eigenvalue weighted by Gasteiger charge is 2.23. The lowest BCUT2D eigenvalue weighted by atomic mass is 10.0. The summed E-state index contributed by atoms with van der Waals surface area (Å²) in [6, 6.07) is 3.66. The van der Waals surface area contributed by atoms with Gasteiger partial charge in [-0.3, -0.25) is 4.99 Å². The van der Waals surface area contributed by atoms with Gasteiger partial charge in [-0.25, -0.2) is 13.6 Å². The molecule has 1 aromatic carbocycles. The van der Waals surface area contributed by atoms with Crippen LogP contribution in [0.2, 0.25) is 0 Å². The van der Waals surface area contributed by atoms with Crippen LogP contribution in [0.1, 0.15) is 38.2 Å². The van der Waals surface area contributed by atoms with Gasteiger partial charge in [-0.1, -0.05) is 13.0 Å². The number of likely N-dealkylation sites (tertiary alicyclic amines) is 1. The molecule has 1 aliphatic heterocycles. The van der Waals surface area contributed by atoms with Gasteiger partial charge >= 0.3 is 6.09 Å². The first-order chi connectivity index (χ1) is 12.4. The van der Waals surface area contributed by atoms with Crippen molar-refractivity contribution < 1.29 is 18.3 Å². The van der Waals surface area contributed by atoms with Gasteiger partial charge in [0.15, 0.2) is 5.96 Å². The molecule has 8 heteroatoms. The number of rotatable bonds is 5. The van der Waals surface area contributed by atoms with Crippen LogP contribution in [-0.2, 0) is 4.74 Å². The zero-order valence-electron chi connectivity index (χ0n) is 15.2. The van der Waals surface area contributed by atoms with E-state index in [1.807, 2.05) is 6.92 Å². The number of nitrogens with two attached hydrogens (primary N) is 1. The summed E-state index contributed by atoms with van der Waals surface area (Å²) >= 11 is 0. The van der Waals surface area contributed by atoms with Crippen LogP contribution >= 0.6 is 0 Å². The highest BCUT2D eigenvalue weighted by molar-refractivity contribution is 5.78. The molecule has 0 aromatic heterocycles. The van der Waals surface area contributed by atoms with Gasteiger partial charge in [0.05, 0.1) is 6.61 Å². The summed E-state index contributed by atoms with van der Waals surface area (Å²) < 4.78 is 31.7. The smallest absolute Gasteiger partial charge is 0.409 e. The average molecular weight is 368 g/mol. The van der Waals surface area contributed by atoms with Crippen LogP contribution in [0.5, 0.6) is 0 Å². The van der Waals surface area contributed by atoms with E-state index < -0.39 is 11.6 Å². The zero-order valence-corrected chi connectivity index (χ0v) is 15.2. The number of hydrogen-bond acceptors (Lipinski definition) is 3. The lowest BCUT2D eigenvalue weighted by molar-refractivity contribution is 0.0963. The molecule has 0 saturated carbocycles. The maximum Gasteiger partial charge on any atom is 0.409 e. The minimum Gasteiger partial charge on any atom is -0.450 e. The number of ether oxygens (including phenoxy) is 1. The van der Waals surface area contributed by atoms with E-state index in [-0.39, 0.29) is 24.0 Å². The van der Waals surface area contributed by atoms with E-state index in [0.29, 0.717) is 31.8 Å². The summed E-state index contributed by atoms with van der Waals surface area (Å²) in [6.45, 7) is 5.45. The molecule has 3 N–H and O–H groups in total. The Balaban J connectivity index is 1.80. The van der Waals surface area contributed by atoms with Crippen LogP contribution in [0, 0.1) is 11.6 Å². The summed E-state index contributed by atoms with van der Waals surface area (Å²) in [4.78, 5) is 17.6. The van der Waals surface area contributed by atoms with Gasteiger partial charge in [-0.2, -0.15) is 0 Å². The number of halogens is 2. The minimum absolute atomic E-state index is 0.127. The van der Waals surface area contributed by atoms with Gasteiger partial charge in [0.1, 0.15) is 11.6 Å². The Hall–Kier alpha value is -2.38. The van der Waals surface area contributed by atoms with Crippen LogP contribution in [0.3, 0.4) is 0 Å². The number of amides is 1. The van der Waals surface area contributed by atoms with Crippen molar-refractivity contribution in [1.82, 2.24) is 10.2 Å². The summed E-state index contributed by atoms with van der Waals surface area (Å²) in [7, 11) is 0. The Morgan fingerprint density at radius 3 is 2.73 bits per heavy atom. The fraction of sp³-hybridized carbons (Fsp3) is 0.556. The van der Waals surface area contributed by atoms with Crippen LogP contribution in [0.25, 0.3) is 0 Å². The molecule has 26 heavy (non-hydrogen) atoms. The molecule has 1 amide bonds. The van der Waals surface area contributed by atoms with Crippen LogP contribution < -0.4 is 11.1 Å². The molecular weight excluding hydrogens is 342 g/mol. The fourth-order valence-corrected chi connectivity index (χ4v) is 2.91. The Labute approximate surface area is 152 Å². The maximum atomic E-state index is 13.8. The van der Waals surface area contributed by atoms with E-state index in [4.69, 9.17) is 10.5 Å². The molecule has 0 radical (unpaired) electrons. The second-order valence-electron chi connectivity index (χ2n) is 6.40. The molecule has 1 heterocycles. The molecule has 1 aromatic rings. The zero-order chi connectivity index (χ0) is 19.1. The Morgan fingerprint density at radius 2 is 2.12 bits per heavy atom. The SMILES string of the molecule is CCOC(=O)N1CCC(NC(N)=NCC(C)c2ccc(F)cc2F)CC1. The molecule has 1 unspecified atom stereocenters. The molecular formula is C18H26F2N4O2. The quantitative estimate of drug-likeness (QED) is 0.618. The van der Waals surface area contributed by atoms with E-state index in [9.17, 15) is 13.6 Å². The van der Waals surface area contributed by atoms with Crippen molar-refractivity contribution >= 4 is 12.1 Å². The van der Waals surface area contributed by atoms with E-state index in [2.05, 4.69) is 10.3 Å². The molecule has 6 nitrogen and oxygen atoms in total. The van der Waals surface area contributed by atoms with E-state index in [1.54, 1.807) is 11.8 Å². The monoisotopic (exact) mass is 368 g/mol. The Morgan fingerprint density at radius 1 is 1.42 bits per heavy atom. The first-order valence-corrected chi connectivity index (χ1v) is 8.83. The molecule has 1 fully saturated rings. The first-order valence-electron chi connectivity index (χ1n) is 8.83. The van der Waals surface area contributed by atoms with Gasteiger partial charge in [0, 0.05) is 37.7 Å². The Kier molecular flexibility index (Phi) is 7.17. The molecule has 2 rings (SSSR count). The van der Waals surface area contributed by atoms with Crippen molar-refractivity contribution in [3.05, 3.63) is 35.4 Å². The third kappa shape index (κ3) is 5.57. The third-order valence-electron chi connectivity index (χ3n) is 4.40. The number of hydrogen-bond donors (Lipinski definition) is 2. The van der Waals surface area contributed by atoms with Crippen molar-refractivity contribution in [2.75, 3.05) is 26.2 Å². The number of nitrogens with one attached hydrogen (secondary N) is 1. The predicted octanol–water partition coefficient (Wildman–Crippen LogP) is 2.59. The van der Waals surface area contributed by atoms with Gasteiger partial charge in [0.25, 0.3) is 0 Å². The molecule has 1 aliphatic rings. The van der Waals surface area contributed by atoms with Gasteiger partial charge in [-0.15, -0.1) is 0 Å². The lowest BCUT2D eigenvalue weighted by Gasteiger charge is -2.31. The normalized spacial score (nSPS) is 17.1. The van der Waals surface area contributed by atoms with Crippen LogP contribution in [0.15, 0.2) is 23.2 Å². The van der Waals surface area contributed by atoms with Gasteiger partial charge in [-0.05, 0) is 31.4 Å². The van der Waals surface area contributed by atoms with Crippen molar-refractivity contribution in [2.45, 2.75) is 38.6 Å². The second-order valence-corrected chi connectivity index (χ2v) is 6.40. The van der Waals surface area contributed by atoms with Crippen LogP contribution in [-0.4, -0.2) is 49.2 Å². The molecule has 1 atom stereocenters. The standard InChI is InChI=1S/C18H26F2N4O2/c1-3-26-18(25)24-8-6-14(7-9-24)23-17(21)22-11-12(2)15-5-4-13(19)10-16(15)20/h4-5,10,12,14H,3,6-9,11H2,1-2H3,(H3,21,22,23). The number of aliphatic imine (C=N–C) groups is 1. The minimum atomic E-state index is -0.600. The van der Waals surface area contributed by atoms with Crippen molar-refractivity contribution in [1.29, 1.82) is 0 Å². The molecule has 0 bridgehead atoms. The number of piperidine rings is 1. The molecule has 1 saturated heterocycles. The van der Waals surface area contributed by atoms with Gasteiger partial charge < -0.3 is 20.7 Å². The summed E-state index contributed by atoms with van der Waals surface area (Å²) in [5.41, 5.74) is 6.32. The topological polar surface area (TPSA) is 80.0 Å². The van der Waals surface area contributed by atoms with Crippen molar-refractivity contribution in [3.63, 3.8) is 0 Å². The summed E-state index contributed by atoms with van der Waals surface area (Å²) in [6.07, 6.45) is 1.21. The maximum absolute atomic E-state index is 13.8. The largest absolute Gasteiger partial charge is 0.450 e. The molecule has 0 aliphatic carbocycles. The summed E-state index contributed by atoms with van der Waals surface area (Å²) in [5, 5.41) is 3.14. The number of guanidine groups is 1. The first kappa shape index (κ1) is 19.9. The van der Waals surface area contributed by atoms with Crippen LogP contribution in [0.4, 0.5) is 13.6 Å². The summed E-state index contributed by atoms with van der Waals surface area (Å²) in [5.74, 6) is -1.11. The van der Waals surface area contributed by atoms with Crippen molar-refractivity contribution in [2.24, 2.45) is 10.7 Å². The van der Waals surface area contributed by atoms with E-state index in [0.717, 1.165) is 18.9 Å². The highest BCUT2D eigenvalue weighted by Crippen LogP contribution is 2.20. The number of benzene rings is 1. The van der Waals surface area contributed by atoms with E-state index >= 15 is 0 Å².